The molecule has 0 amide bonds. The summed E-state index contributed by atoms with van der Waals surface area (Å²) in [7, 11) is 1.39. The van der Waals surface area contributed by atoms with Crippen molar-refractivity contribution in [3.05, 3.63) is 28.2 Å². The van der Waals surface area contributed by atoms with Crippen LogP contribution in [0.4, 0.5) is 0 Å². The number of nitrogens with one attached hydrogen (secondary N) is 1. The van der Waals surface area contributed by atoms with Crippen molar-refractivity contribution in [2.24, 2.45) is 5.41 Å². The summed E-state index contributed by atoms with van der Waals surface area (Å²) in [6.45, 7) is 8.80. The van der Waals surface area contributed by atoms with Crippen LogP contribution >= 0.6 is 15.9 Å². The molecule has 1 aromatic rings. The molecule has 1 aromatic carbocycles. The minimum Gasteiger partial charge on any atom is -0.492 e. The van der Waals surface area contributed by atoms with Crippen molar-refractivity contribution < 1.29 is 14.3 Å². The van der Waals surface area contributed by atoms with E-state index in [1.807, 2.05) is 32.0 Å². The van der Waals surface area contributed by atoms with Crippen LogP contribution in [0.2, 0.25) is 0 Å². The summed E-state index contributed by atoms with van der Waals surface area (Å²) in [5.41, 5.74) is 0.378. The monoisotopic (exact) mass is 357 g/mol. The van der Waals surface area contributed by atoms with Gasteiger partial charge >= 0.3 is 5.97 Å². The van der Waals surface area contributed by atoms with Crippen LogP contribution in [0.25, 0.3) is 0 Å². The molecule has 0 radical (unpaired) electrons. The number of esters is 1. The van der Waals surface area contributed by atoms with Gasteiger partial charge in [0.05, 0.1) is 12.5 Å². The highest BCUT2D eigenvalue weighted by atomic mass is 79.9. The molecule has 0 aliphatic rings. The average Bonchev–Trinajstić information content (AvgIpc) is 2.42. The van der Waals surface area contributed by atoms with E-state index in [9.17, 15) is 4.79 Å². The zero-order chi connectivity index (χ0) is 16.0. The van der Waals surface area contributed by atoms with E-state index in [0.29, 0.717) is 12.6 Å². The molecule has 1 rings (SSSR count). The van der Waals surface area contributed by atoms with Gasteiger partial charge in [0.15, 0.2) is 0 Å². The zero-order valence-electron chi connectivity index (χ0n) is 13.3. The SMILES string of the molecule is COC(=O)C(C)(C)COc1ccc(Br)cc1CNC(C)C. The Morgan fingerprint density at radius 1 is 1.38 bits per heavy atom. The largest absolute Gasteiger partial charge is 0.492 e. The molecule has 4 nitrogen and oxygen atoms in total. The van der Waals surface area contributed by atoms with E-state index in [2.05, 4.69) is 35.1 Å². The van der Waals surface area contributed by atoms with Gasteiger partial charge in [-0.15, -0.1) is 0 Å². The van der Waals surface area contributed by atoms with Gasteiger partial charge in [0.25, 0.3) is 0 Å². The highest BCUT2D eigenvalue weighted by Crippen LogP contribution is 2.26. The van der Waals surface area contributed by atoms with Crippen molar-refractivity contribution in [1.29, 1.82) is 0 Å². The highest BCUT2D eigenvalue weighted by Gasteiger charge is 2.30. The van der Waals surface area contributed by atoms with Gasteiger partial charge in [0.1, 0.15) is 12.4 Å². The summed E-state index contributed by atoms with van der Waals surface area (Å²) in [6.07, 6.45) is 0. The lowest BCUT2D eigenvalue weighted by atomic mass is 9.95. The first-order chi connectivity index (χ1) is 9.76. The predicted molar refractivity (Wildman–Crippen MR) is 87.4 cm³/mol. The lowest BCUT2D eigenvalue weighted by Gasteiger charge is -2.23. The molecule has 0 saturated carbocycles. The van der Waals surface area contributed by atoms with E-state index in [1.54, 1.807) is 0 Å². The van der Waals surface area contributed by atoms with Gasteiger partial charge in [-0.1, -0.05) is 29.8 Å². The molecule has 0 heterocycles. The first-order valence-corrected chi connectivity index (χ1v) is 7.78. The van der Waals surface area contributed by atoms with Gasteiger partial charge in [0, 0.05) is 22.6 Å². The van der Waals surface area contributed by atoms with Gasteiger partial charge in [-0.05, 0) is 32.0 Å². The number of ether oxygens (including phenoxy) is 2. The van der Waals surface area contributed by atoms with Crippen molar-refractivity contribution in [2.45, 2.75) is 40.3 Å². The Balaban J connectivity index is 2.80. The number of hydrogen-bond donors (Lipinski definition) is 1. The van der Waals surface area contributed by atoms with Crippen LogP contribution < -0.4 is 10.1 Å². The van der Waals surface area contributed by atoms with E-state index in [-0.39, 0.29) is 12.6 Å². The summed E-state index contributed by atoms with van der Waals surface area (Å²) < 4.78 is 11.6. The first kappa shape index (κ1) is 18.0. The smallest absolute Gasteiger partial charge is 0.314 e. The standard InChI is InChI=1S/C16H24BrNO3/c1-11(2)18-9-12-8-13(17)6-7-14(12)21-10-16(3,4)15(19)20-5/h6-8,11,18H,9-10H2,1-5H3. The van der Waals surface area contributed by atoms with E-state index < -0.39 is 5.41 Å². The average molecular weight is 358 g/mol. The number of methoxy groups -OCH3 is 1. The molecule has 0 bridgehead atoms. The van der Waals surface area contributed by atoms with Crippen molar-refractivity contribution in [3.63, 3.8) is 0 Å². The van der Waals surface area contributed by atoms with Gasteiger partial charge in [-0.3, -0.25) is 4.79 Å². The molecule has 0 spiro atoms. The first-order valence-electron chi connectivity index (χ1n) is 6.99. The second-order valence-corrected chi connectivity index (χ2v) is 6.87. The fourth-order valence-corrected chi connectivity index (χ4v) is 2.14. The van der Waals surface area contributed by atoms with Gasteiger partial charge in [-0.25, -0.2) is 0 Å². The Hall–Kier alpha value is -1.07. The van der Waals surface area contributed by atoms with Crippen LogP contribution in [0.5, 0.6) is 5.75 Å². The van der Waals surface area contributed by atoms with Crippen LogP contribution in [0.1, 0.15) is 33.3 Å². The molecule has 1 N–H and O–H groups in total. The lowest BCUT2D eigenvalue weighted by molar-refractivity contribution is -0.152. The van der Waals surface area contributed by atoms with Crippen molar-refractivity contribution >= 4 is 21.9 Å². The maximum atomic E-state index is 11.7. The topological polar surface area (TPSA) is 47.6 Å². The second kappa shape index (κ2) is 7.80. The fraction of sp³-hybridized carbons (Fsp3) is 0.562. The molecule has 0 aromatic heterocycles. The molecule has 0 saturated heterocycles. The zero-order valence-corrected chi connectivity index (χ0v) is 14.9. The number of halogens is 1. The maximum Gasteiger partial charge on any atom is 0.314 e. The third kappa shape index (κ3) is 5.67. The molecule has 118 valence electrons. The second-order valence-electron chi connectivity index (χ2n) is 5.95. The minimum atomic E-state index is -0.676. The molecular weight excluding hydrogens is 334 g/mol. The van der Waals surface area contributed by atoms with E-state index in [4.69, 9.17) is 9.47 Å². The molecule has 0 unspecified atom stereocenters. The van der Waals surface area contributed by atoms with E-state index in [0.717, 1.165) is 15.8 Å². The molecular formula is C16H24BrNO3. The van der Waals surface area contributed by atoms with Crippen LogP contribution in [-0.4, -0.2) is 25.7 Å². The molecule has 0 atom stereocenters. The van der Waals surface area contributed by atoms with Gasteiger partial charge < -0.3 is 14.8 Å². The lowest BCUT2D eigenvalue weighted by Crippen LogP contribution is -2.32. The molecule has 0 aliphatic carbocycles. The molecule has 0 aliphatic heterocycles. The number of benzene rings is 1. The fourth-order valence-electron chi connectivity index (χ4n) is 1.73. The summed E-state index contributed by atoms with van der Waals surface area (Å²) in [4.78, 5) is 11.7. The maximum absolute atomic E-state index is 11.7. The molecule has 0 fully saturated rings. The third-order valence-corrected chi connectivity index (χ3v) is 3.54. The Morgan fingerprint density at radius 3 is 2.62 bits per heavy atom. The Morgan fingerprint density at radius 2 is 2.05 bits per heavy atom. The van der Waals surface area contributed by atoms with Crippen LogP contribution in [0.15, 0.2) is 22.7 Å². The number of carbonyl (C=O) groups excluding carboxylic acids is 1. The Bertz CT molecular complexity index is 486. The highest BCUT2D eigenvalue weighted by molar-refractivity contribution is 9.10. The van der Waals surface area contributed by atoms with Gasteiger partial charge in [0.2, 0.25) is 0 Å². The number of rotatable bonds is 7. The number of carbonyl (C=O) groups is 1. The Labute approximate surface area is 135 Å². The summed E-state index contributed by atoms with van der Waals surface area (Å²) >= 11 is 3.47. The third-order valence-electron chi connectivity index (χ3n) is 3.05. The van der Waals surface area contributed by atoms with Crippen molar-refractivity contribution in [2.75, 3.05) is 13.7 Å². The van der Waals surface area contributed by atoms with Crippen LogP contribution in [0, 0.1) is 5.41 Å². The quantitative estimate of drug-likeness (QED) is 0.758. The van der Waals surface area contributed by atoms with Crippen LogP contribution in [0.3, 0.4) is 0 Å². The minimum absolute atomic E-state index is 0.274. The van der Waals surface area contributed by atoms with E-state index in [1.165, 1.54) is 7.11 Å². The molecule has 21 heavy (non-hydrogen) atoms. The normalized spacial score (nSPS) is 11.6. The Kier molecular flexibility index (Phi) is 6.68. The van der Waals surface area contributed by atoms with Gasteiger partial charge in [-0.2, -0.15) is 0 Å². The summed E-state index contributed by atoms with van der Waals surface area (Å²) in [5, 5.41) is 3.37. The van der Waals surface area contributed by atoms with Crippen molar-refractivity contribution in [3.8, 4) is 5.75 Å². The van der Waals surface area contributed by atoms with Crippen molar-refractivity contribution in [1.82, 2.24) is 5.32 Å². The van der Waals surface area contributed by atoms with E-state index >= 15 is 0 Å². The summed E-state index contributed by atoms with van der Waals surface area (Å²) in [6, 6.07) is 6.26. The number of hydrogen-bond acceptors (Lipinski definition) is 4. The van der Waals surface area contributed by atoms with Crippen LogP contribution in [-0.2, 0) is 16.1 Å². The summed E-state index contributed by atoms with van der Waals surface area (Å²) in [5.74, 6) is 0.504. The molecule has 5 heteroatoms. The predicted octanol–water partition coefficient (Wildman–Crippen LogP) is 3.53.